The normalized spacial score (nSPS) is 10.4. The molecule has 1 aromatic carbocycles. The van der Waals surface area contributed by atoms with Gasteiger partial charge in [0.15, 0.2) is 0 Å². The van der Waals surface area contributed by atoms with E-state index in [1.807, 2.05) is 17.6 Å². The Morgan fingerprint density at radius 1 is 1.41 bits per heavy atom. The third-order valence-electron chi connectivity index (χ3n) is 2.42. The van der Waals surface area contributed by atoms with Crippen LogP contribution in [0.4, 0.5) is 0 Å². The van der Waals surface area contributed by atoms with Gasteiger partial charge in [-0.2, -0.15) is 0 Å². The Morgan fingerprint density at radius 2 is 2.18 bits per heavy atom. The summed E-state index contributed by atoms with van der Waals surface area (Å²) in [7, 11) is 0. The summed E-state index contributed by atoms with van der Waals surface area (Å²) in [6, 6.07) is 7.24. The topological polar surface area (TPSA) is 101 Å². The van der Waals surface area contributed by atoms with Crippen molar-refractivity contribution in [2.75, 3.05) is 0 Å². The van der Waals surface area contributed by atoms with Gasteiger partial charge in [-0.3, -0.25) is 15.0 Å². The Kier molecular flexibility index (Phi) is 3.15. The maximum absolute atomic E-state index is 11.7. The van der Waals surface area contributed by atoms with Crippen LogP contribution in [0, 0.1) is 0 Å². The highest BCUT2D eigenvalue weighted by Crippen LogP contribution is 2.06. The molecular weight excluding hydrogens is 220 g/mol. The zero-order chi connectivity index (χ0) is 12.3. The van der Waals surface area contributed by atoms with Crippen molar-refractivity contribution < 1.29 is 4.79 Å². The van der Waals surface area contributed by atoms with Crippen molar-refractivity contribution in [1.82, 2.24) is 15.4 Å². The first-order valence-electron chi connectivity index (χ1n) is 5.18. The van der Waals surface area contributed by atoms with Crippen molar-refractivity contribution >= 4 is 16.9 Å². The number of nitrogens with two attached hydrogens (primary N) is 1. The number of amides is 1. The molecule has 0 spiro atoms. The van der Waals surface area contributed by atoms with Gasteiger partial charge in [0.2, 0.25) is 5.91 Å². The van der Waals surface area contributed by atoms with Crippen LogP contribution in [0.15, 0.2) is 29.1 Å². The molecule has 4 N–H and O–H groups in total. The molecule has 0 fully saturated rings. The van der Waals surface area contributed by atoms with Crippen LogP contribution in [0.5, 0.6) is 0 Å². The van der Waals surface area contributed by atoms with E-state index in [0.717, 1.165) is 0 Å². The van der Waals surface area contributed by atoms with Crippen molar-refractivity contribution in [3.63, 3.8) is 0 Å². The monoisotopic (exact) mass is 232 g/mol. The number of carbonyl (C=O) groups is 1. The predicted octanol–water partition coefficient (Wildman–Crippen LogP) is -0.154. The lowest BCUT2D eigenvalue weighted by Gasteiger charge is -2.01. The van der Waals surface area contributed by atoms with Gasteiger partial charge >= 0.3 is 0 Å². The van der Waals surface area contributed by atoms with E-state index >= 15 is 0 Å². The number of aromatic nitrogens is 2. The van der Waals surface area contributed by atoms with Gasteiger partial charge in [0.1, 0.15) is 5.69 Å². The molecule has 17 heavy (non-hydrogen) atoms. The number of nitrogens with zero attached hydrogens (tertiary/aromatic N) is 1. The van der Waals surface area contributed by atoms with Crippen LogP contribution in [0.25, 0.3) is 11.0 Å². The number of carbonyl (C=O) groups excluding carboxylic acids is 1. The van der Waals surface area contributed by atoms with Crippen LogP contribution in [-0.4, -0.2) is 15.9 Å². The second-order valence-electron chi connectivity index (χ2n) is 3.60. The summed E-state index contributed by atoms with van der Waals surface area (Å²) in [6.07, 6.45) is 0.411. The van der Waals surface area contributed by atoms with Crippen LogP contribution in [0.3, 0.4) is 0 Å². The van der Waals surface area contributed by atoms with E-state index in [1.165, 1.54) is 0 Å². The van der Waals surface area contributed by atoms with Crippen molar-refractivity contribution in [3.05, 3.63) is 40.3 Å². The van der Waals surface area contributed by atoms with E-state index in [2.05, 4.69) is 9.97 Å². The molecule has 6 heteroatoms. The van der Waals surface area contributed by atoms with Crippen molar-refractivity contribution in [1.29, 1.82) is 0 Å². The number of para-hydroxylation sites is 2. The maximum atomic E-state index is 11.7. The summed E-state index contributed by atoms with van der Waals surface area (Å²) in [6.45, 7) is 0. The Balaban J connectivity index is 2.31. The molecule has 0 aliphatic rings. The lowest BCUT2D eigenvalue weighted by molar-refractivity contribution is -0.121. The second kappa shape index (κ2) is 4.75. The van der Waals surface area contributed by atoms with Crippen LogP contribution >= 0.6 is 0 Å². The Morgan fingerprint density at radius 3 is 2.94 bits per heavy atom. The Hall–Kier alpha value is -2.21. The lowest BCUT2D eigenvalue weighted by Crippen LogP contribution is -2.30. The number of fused-ring (bicyclic) bond motifs is 1. The summed E-state index contributed by atoms with van der Waals surface area (Å²) in [5.41, 5.74) is 3.47. The fourth-order valence-corrected chi connectivity index (χ4v) is 1.54. The molecule has 0 unspecified atom stereocenters. The molecular formula is C11H12N4O2. The van der Waals surface area contributed by atoms with Gasteiger partial charge in [-0.1, -0.05) is 12.1 Å². The van der Waals surface area contributed by atoms with Crippen molar-refractivity contribution in [2.24, 2.45) is 5.84 Å². The number of hydrogen-bond donors (Lipinski definition) is 3. The minimum Gasteiger partial charge on any atom is -0.319 e. The largest absolute Gasteiger partial charge is 0.319 e. The minimum absolute atomic E-state index is 0.144. The van der Waals surface area contributed by atoms with Gasteiger partial charge in [-0.15, -0.1) is 0 Å². The number of benzene rings is 1. The molecule has 0 saturated heterocycles. The highest BCUT2D eigenvalue weighted by molar-refractivity contribution is 5.76. The van der Waals surface area contributed by atoms with Crippen LogP contribution in [0.1, 0.15) is 12.1 Å². The molecule has 1 aromatic heterocycles. The molecule has 0 aliphatic heterocycles. The molecule has 0 radical (unpaired) electrons. The number of H-pyrrole nitrogens is 1. The van der Waals surface area contributed by atoms with Gasteiger partial charge in [-0.25, -0.2) is 10.8 Å². The van der Waals surface area contributed by atoms with Crippen molar-refractivity contribution in [3.8, 4) is 0 Å². The van der Waals surface area contributed by atoms with Gasteiger partial charge in [0.25, 0.3) is 5.56 Å². The smallest absolute Gasteiger partial charge is 0.270 e. The fourth-order valence-electron chi connectivity index (χ4n) is 1.54. The third-order valence-corrected chi connectivity index (χ3v) is 2.42. The van der Waals surface area contributed by atoms with Crippen LogP contribution < -0.4 is 16.8 Å². The van der Waals surface area contributed by atoms with Gasteiger partial charge < -0.3 is 4.98 Å². The molecule has 6 nitrogen and oxygen atoms in total. The standard InChI is InChI=1S/C11H12N4O2/c12-15-10(16)6-5-9-11(17)14-8-4-2-1-3-7(8)13-9/h1-4H,5-6,12H2,(H,14,17)(H,15,16). The van der Waals surface area contributed by atoms with Crippen LogP contribution in [0.2, 0.25) is 0 Å². The molecule has 1 amide bonds. The molecule has 2 aromatic rings. The predicted molar refractivity (Wildman–Crippen MR) is 63.0 cm³/mol. The molecule has 0 saturated carbocycles. The first kappa shape index (κ1) is 11.3. The average molecular weight is 232 g/mol. The van der Waals surface area contributed by atoms with E-state index in [1.54, 1.807) is 12.1 Å². The van der Waals surface area contributed by atoms with E-state index in [4.69, 9.17) is 5.84 Å². The average Bonchev–Trinajstić information content (AvgIpc) is 2.35. The molecule has 0 bridgehead atoms. The summed E-state index contributed by atoms with van der Waals surface area (Å²) in [5.74, 6) is 4.64. The van der Waals surface area contributed by atoms with Gasteiger partial charge in [0.05, 0.1) is 11.0 Å². The highest BCUT2D eigenvalue weighted by atomic mass is 16.2. The zero-order valence-electron chi connectivity index (χ0n) is 9.06. The van der Waals surface area contributed by atoms with E-state index < -0.39 is 0 Å². The maximum Gasteiger partial charge on any atom is 0.270 e. The highest BCUT2D eigenvalue weighted by Gasteiger charge is 2.06. The van der Waals surface area contributed by atoms with E-state index in [0.29, 0.717) is 16.7 Å². The van der Waals surface area contributed by atoms with Crippen LogP contribution in [-0.2, 0) is 11.2 Å². The number of hydrazine groups is 1. The number of aryl methyl sites for hydroxylation is 1. The third kappa shape index (κ3) is 2.48. The van der Waals surface area contributed by atoms with Gasteiger partial charge in [-0.05, 0) is 12.1 Å². The Bertz CT molecular complexity index is 606. The Labute approximate surface area is 96.8 Å². The fraction of sp³-hybridized carbons (Fsp3) is 0.182. The number of rotatable bonds is 3. The first-order chi connectivity index (χ1) is 8.20. The molecule has 0 aliphatic carbocycles. The van der Waals surface area contributed by atoms with Crippen molar-refractivity contribution in [2.45, 2.75) is 12.8 Å². The summed E-state index contributed by atoms with van der Waals surface area (Å²) >= 11 is 0. The zero-order valence-corrected chi connectivity index (χ0v) is 9.06. The number of hydrogen-bond acceptors (Lipinski definition) is 4. The molecule has 88 valence electrons. The minimum atomic E-state index is -0.320. The molecule has 0 atom stereocenters. The van der Waals surface area contributed by atoms with Gasteiger partial charge in [0, 0.05) is 12.8 Å². The summed E-state index contributed by atoms with van der Waals surface area (Å²) < 4.78 is 0. The quantitative estimate of drug-likeness (QED) is 0.389. The SMILES string of the molecule is NNC(=O)CCc1nc2ccccc2[nH]c1=O. The first-order valence-corrected chi connectivity index (χ1v) is 5.18. The molecule has 2 rings (SSSR count). The summed E-state index contributed by atoms with van der Waals surface area (Å²) in [4.78, 5) is 29.6. The lowest BCUT2D eigenvalue weighted by atomic mass is 10.2. The second-order valence-corrected chi connectivity index (χ2v) is 3.60. The van der Waals surface area contributed by atoms with E-state index in [9.17, 15) is 9.59 Å². The number of nitrogens with one attached hydrogen (secondary N) is 2. The van der Waals surface area contributed by atoms with E-state index in [-0.39, 0.29) is 24.3 Å². The number of aromatic amines is 1. The summed E-state index contributed by atoms with van der Waals surface area (Å²) in [5, 5.41) is 0. The molecule has 1 heterocycles.